The van der Waals surface area contributed by atoms with Gasteiger partial charge in [0.1, 0.15) is 18.8 Å². The number of cyclic esters (lactones) is 1. The second-order valence-electron chi connectivity index (χ2n) is 14.3. The summed E-state index contributed by atoms with van der Waals surface area (Å²) in [6, 6.07) is 0. The van der Waals surface area contributed by atoms with Gasteiger partial charge in [-0.3, -0.25) is 4.79 Å². The average molecular weight is 577 g/mol. The predicted molar refractivity (Wildman–Crippen MR) is 147 cm³/mol. The van der Waals surface area contributed by atoms with Crippen LogP contribution in [0.2, 0.25) is 0 Å². The summed E-state index contributed by atoms with van der Waals surface area (Å²) < 4.78 is 29.1. The van der Waals surface area contributed by atoms with E-state index in [1.807, 2.05) is 6.92 Å². The molecule has 0 amide bonds. The third kappa shape index (κ3) is 4.69. The maximum Gasteiger partial charge on any atom is 0.331 e. The number of fused-ring (bicyclic) bond motifs is 5. The van der Waals surface area contributed by atoms with Gasteiger partial charge in [-0.05, 0) is 80.6 Å². The molecular formula is C32H48O9. The molecule has 5 fully saturated rings. The first-order valence-corrected chi connectivity index (χ1v) is 15.7. The minimum Gasteiger partial charge on any atom is -0.462 e. The molecule has 13 atom stereocenters. The summed E-state index contributed by atoms with van der Waals surface area (Å²) in [6.45, 7) is 8.06. The first-order chi connectivity index (χ1) is 19.4. The number of carbonyl (C=O) groups excluding carboxylic acids is 2. The van der Waals surface area contributed by atoms with E-state index in [0.29, 0.717) is 24.7 Å². The Labute approximate surface area is 243 Å². The first-order valence-electron chi connectivity index (χ1n) is 15.7. The maximum absolute atomic E-state index is 12.7. The van der Waals surface area contributed by atoms with Gasteiger partial charge in [-0.15, -0.1) is 0 Å². The summed E-state index contributed by atoms with van der Waals surface area (Å²) in [5.41, 5.74) is -0.559. The van der Waals surface area contributed by atoms with Gasteiger partial charge in [0.15, 0.2) is 6.29 Å². The second kappa shape index (κ2) is 10.6. The van der Waals surface area contributed by atoms with Crippen molar-refractivity contribution in [2.45, 2.75) is 128 Å². The van der Waals surface area contributed by atoms with E-state index in [-0.39, 0.29) is 60.4 Å². The summed E-state index contributed by atoms with van der Waals surface area (Å²) >= 11 is 0. The number of hydrogen-bond acceptors (Lipinski definition) is 9. The number of aliphatic hydroxyl groups excluding tert-OH is 1. The van der Waals surface area contributed by atoms with Crippen molar-refractivity contribution in [1.82, 2.24) is 0 Å². The molecule has 6 aliphatic rings. The first kappa shape index (κ1) is 29.5. The maximum atomic E-state index is 12.7. The standard InChI is InChI=1S/C32H48O9/c1-17-29(35)24(37-5)14-27(39-17)41-21-8-10-30(3)20(13-21)6-7-23-22(30)9-11-31(4)28(19-12-26(34)38-16-19)25(40-18(2)33)15-32(23,31)36/h12,17,20-25,27-29,35-36H,6-11,13-16H2,1-5H3/t17-,20+,21+,22-,23+,24+,25+,27-,28+,29+,30+,31+,32+/m0/s1. The van der Waals surface area contributed by atoms with Gasteiger partial charge in [-0.25, -0.2) is 4.79 Å². The van der Waals surface area contributed by atoms with Crippen LogP contribution in [0.25, 0.3) is 0 Å². The Balaban J connectivity index is 1.19. The highest BCUT2D eigenvalue weighted by Crippen LogP contribution is 2.70. The summed E-state index contributed by atoms with van der Waals surface area (Å²) in [6.07, 6.45) is 7.14. The van der Waals surface area contributed by atoms with Crippen molar-refractivity contribution in [3.05, 3.63) is 11.6 Å². The minimum atomic E-state index is -0.990. The Morgan fingerprint density at radius 3 is 2.54 bits per heavy atom. The fourth-order valence-corrected chi connectivity index (χ4v) is 10.4. The van der Waals surface area contributed by atoms with Gasteiger partial charge in [0.2, 0.25) is 0 Å². The molecule has 4 saturated carbocycles. The molecule has 4 aliphatic carbocycles. The van der Waals surface area contributed by atoms with Gasteiger partial charge in [-0.2, -0.15) is 0 Å². The Hall–Kier alpha value is -1.52. The quantitative estimate of drug-likeness (QED) is 0.373. The van der Waals surface area contributed by atoms with Crippen LogP contribution in [0.4, 0.5) is 0 Å². The fourth-order valence-electron chi connectivity index (χ4n) is 10.4. The molecule has 0 spiro atoms. The zero-order chi connectivity index (χ0) is 29.3. The van der Waals surface area contributed by atoms with Gasteiger partial charge in [0.05, 0.1) is 23.9 Å². The highest BCUT2D eigenvalue weighted by atomic mass is 16.7. The van der Waals surface area contributed by atoms with Gasteiger partial charge in [0, 0.05) is 44.3 Å². The number of methoxy groups -OCH3 is 1. The Morgan fingerprint density at radius 2 is 1.85 bits per heavy atom. The zero-order valence-corrected chi connectivity index (χ0v) is 25.2. The molecule has 230 valence electrons. The van der Waals surface area contributed by atoms with Crippen molar-refractivity contribution in [2.75, 3.05) is 13.7 Å². The van der Waals surface area contributed by atoms with Crippen LogP contribution in [0.1, 0.15) is 85.5 Å². The Bertz CT molecular complexity index is 1080. The molecule has 6 rings (SSSR count). The number of rotatable bonds is 5. The van der Waals surface area contributed by atoms with Crippen molar-refractivity contribution >= 4 is 11.9 Å². The fraction of sp³-hybridized carbons (Fsp3) is 0.875. The summed E-state index contributed by atoms with van der Waals surface area (Å²) in [4.78, 5) is 24.2. The molecule has 0 aromatic rings. The lowest BCUT2D eigenvalue weighted by atomic mass is 9.43. The lowest BCUT2D eigenvalue weighted by Gasteiger charge is -2.63. The second-order valence-corrected chi connectivity index (χ2v) is 14.3. The van der Waals surface area contributed by atoms with Crippen molar-refractivity contribution in [3.63, 3.8) is 0 Å². The third-order valence-electron chi connectivity index (χ3n) is 12.5. The molecule has 9 nitrogen and oxygen atoms in total. The van der Waals surface area contributed by atoms with E-state index < -0.39 is 23.2 Å². The molecule has 0 aromatic heterocycles. The van der Waals surface area contributed by atoms with Gasteiger partial charge < -0.3 is 33.9 Å². The van der Waals surface area contributed by atoms with Crippen LogP contribution in [0, 0.1) is 34.5 Å². The zero-order valence-electron chi connectivity index (χ0n) is 25.2. The normalized spacial score (nSPS) is 51.2. The molecule has 41 heavy (non-hydrogen) atoms. The van der Waals surface area contributed by atoms with Crippen LogP contribution >= 0.6 is 0 Å². The van der Waals surface area contributed by atoms with Crippen LogP contribution in [-0.2, 0) is 33.3 Å². The van der Waals surface area contributed by atoms with E-state index in [2.05, 4.69) is 13.8 Å². The van der Waals surface area contributed by atoms with E-state index in [4.69, 9.17) is 23.7 Å². The van der Waals surface area contributed by atoms with Gasteiger partial charge in [-0.1, -0.05) is 13.8 Å². The molecule has 0 aromatic carbocycles. The van der Waals surface area contributed by atoms with Gasteiger partial charge >= 0.3 is 11.9 Å². The van der Waals surface area contributed by atoms with Crippen molar-refractivity contribution in [2.24, 2.45) is 34.5 Å². The van der Waals surface area contributed by atoms with Crippen LogP contribution in [-0.4, -0.2) is 78.3 Å². The van der Waals surface area contributed by atoms with Crippen molar-refractivity contribution in [1.29, 1.82) is 0 Å². The highest BCUT2D eigenvalue weighted by molar-refractivity contribution is 5.85. The van der Waals surface area contributed by atoms with E-state index in [1.165, 1.54) is 6.92 Å². The van der Waals surface area contributed by atoms with E-state index in [9.17, 15) is 19.8 Å². The number of ether oxygens (including phenoxy) is 5. The molecule has 1 saturated heterocycles. The van der Waals surface area contributed by atoms with Crippen LogP contribution in [0.5, 0.6) is 0 Å². The smallest absolute Gasteiger partial charge is 0.331 e. The molecule has 0 bridgehead atoms. The minimum absolute atomic E-state index is 0.0898. The Morgan fingerprint density at radius 1 is 1.07 bits per heavy atom. The van der Waals surface area contributed by atoms with Crippen molar-refractivity contribution < 1.29 is 43.5 Å². The van der Waals surface area contributed by atoms with E-state index in [1.54, 1.807) is 13.2 Å². The average Bonchev–Trinajstić information content (AvgIpc) is 3.42. The molecule has 2 heterocycles. The monoisotopic (exact) mass is 576 g/mol. The topological polar surface area (TPSA) is 121 Å². The van der Waals surface area contributed by atoms with Gasteiger partial charge in [0.25, 0.3) is 0 Å². The molecule has 0 unspecified atom stereocenters. The summed E-state index contributed by atoms with van der Waals surface area (Å²) in [7, 11) is 1.62. The Kier molecular flexibility index (Phi) is 7.62. The largest absolute Gasteiger partial charge is 0.462 e. The number of hydrogen-bond donors (Lipinski definition) is 2. The molecule has 0 radical (unpaired) electrons. The number of aliphatic hydroxyl groups is 2. The van der Waals surface area contributed by atoms with Crippen LogP contribution < -0.4 is 0 Å². The summed E-state index contributed by atoms with van der Waals surface area (Å²) in [5, 5.41) is 23.0. The van der Waals surface area contributed by atoms with Crippen LogP contribution in [0.3, 0.4) is 0 Å². The lowest BCUT2D eigenvalue weighted by molar-refractivity contribution is -0.273. The number of carbonyl (C=O) groups is 2. The highest BCUT2D eigenvalue weighted by Gasteiger charge is 2.71. The number of esters is 2. The molecule has 9 heteroatoms. The van der Waals surface area contributed by atoms with Crippen molar-refractivity contribution in [3.8, 4) is 0 Å². The lowest BCUT2D eigenvalue weighted by Crippen LogP contribution is -2.62. The van der Waals surface area contributed by atoms with E-state index >= 15 is 0 Å². The SMILES string of the molecule is CO[C@@H]1C[C@H](O[C@@H]2CC[C@]3(C)[C@H](CC[C@@H]4[C@@H]3CC[C@]3(C)[C@H](C5=CC(=O)OC5)[C@H](OC(C)=O)C[C@@]43O)C2)O[C@@H](C)[C@H]1O. The molecule has 2 N–H and O–H groups in total. The summed E-state index contributed by atoms with van der Waals surface area (Å²) in [5.74, 6) is 0.0175. The molecule has 2 aliphatic heterocycles. The molecular weight excluding hydrogens is 528 g/mol. The predicted octanol–water partition coefficient (Wildman–Crippen LogP) is 3.68. The van der Waals surface area contributed by atoms with Crippen LogP contribution in [0.15, 0.2) is 11.6 Å². The van der Waals surface area contributed by atoms with E-state index in [0.717, 1.165) is 50.5 Å². The third-order valence-corrected chi connectivity index (χ3v) is 12.5.